The summed E-state index contributed by atoms with van der Waals surface area (Å²) in [7, 11) is -1.83. The number of aryl methyl sites for hydroxylation is 1. The largest absolute Gasteiger partial charge is 0.477 e. The molecule has 2 heterocycles. The first-order valence-electron chi connectivity index (χ1n) is 8.51. The molecule has 6 nitrogen and oxygen atoms in total. The molecule has 28 heavy (non-hydrogen) atoms. The molecule has 1 aliphatic heterocycles. The van der Waals surface area contributed by atoms with Crippen molar-refractivity contribution in [2.24, 2.45) is 5.14 Å². The first-order chi connectivity index (χ1) is 13.2. The van der Waals surface area contributed by atoms with E-state index in [4.69, 9.17) is 5.14 Å². The summed E-state index contributed by atoms with van der Waals surface area (Å²) < 4.78 is 23.1. The number of primary sulfonamides is 1. The van der Waals surface area contributed by atoms with Crippen molar-refractivity contribution in [2.45, 2.75) is 18.4 Å². The van der Waals surface area contributed by atoms with E-state index >= 15 is 0 Å². The molecule has 0 radical (unpaired) electrons. The summed E-state index contributed by atoms with van der Waals surface area (Å²) in [6.45, 7) is 2.60. The fourth-order valence-electron chi connectivity index (χ4n) is 3.57. The molecule has 3 N–H and O–H groups in total. The molecule has 2 aromatic carbocycles. The van der Waals surface area contributed by atoms with Crippen molar-refractivity contribution in [1.82, 2.24) is 0 Å². The molecule has 0 atom stereocenters. The Hall–Kier alpha value is -2.68. The molecular weight excluding hydrogens is 396 g/mol. The van der Waals surface area contributed by atoms with Gasteiger partial charge in [0.15, 0.2) is 0 Å². The number of carboxylic acid groups (broad SMARTS) is 1. The molecule has 0 saturated carbocycles. The number of anilines is 1. The lowest BCUT2D eigenvalue weighted by atomic mass is 9.93. The summed E-state index contributed by atoms with van der Waals surface area (Å²) in [4.78, 5) is 15.3. The van der Waals surface area contributed by atoms with Crippen LogP contribution >= 0.6 is 11.3 Å². The number of fused-ring (bicyclic) bond motifs is 3. The van der Waals surface area contributed by atoms with Gasteiger partial charge in [-0.1, -0.05) is 24.3 Å². The average molecular weight is 415 g/mol. The third kappa shape index (κ3) is 2.99. The smallest absolute Gasteiger partial charge is 0.346 e. The van der Waals surface area contributed by atoms with Crippen LogP contribution in [0.4, 0.5) is 5.69 Å². The number of hydrogen-bond acceptors (Lipinski definition) is 5. The molecule has 0 saturated heterocycles. The minimum Gasteiger partial charge on any atom is -0.477 e. The lowest BCUT2D eigenvalue weighted by Crippen LogP contribution is -2.21. The second kappa shape index (κ2) is 6.44. The van der Waals surface area contributed by atoms with E-state index in [9.17, 15) is 18.3 Å². The first kappa shape index (κ1) is 18.7. The van der Waals surface area contributed by atoms with E-state index in [2.05, 4.69) is 11.0 Å². The fraction of sp³-hybridized carbons (Fsp3) is 0.150. The molecule has 3 aromatic rings. The monoisotopic (exact) mass is 414 g/mol. The normalized spacial score (nSPS) is 13.2. The Bertz CT molecular complexity index is 1210. The molecule has 0 bridgehead atoms. The minimum atomic E-state index is -3.81. The zero-order chi connectivity index (χ0) is 20.2. The Morgan fingerprint density at radius 3 is 2.46 bits per heavy atom. The lowest BCUT2D eigenvalue weighted by molar-refractivity contribution is 0.0703. The van der Waals surface area contributed by atoms with Crippen molar-refractivity contribution in [3.8, 4) is 21.6 Å². The molecular formula is C20H18N2O4S2. The zero-order valence-electron chi connectivity index (χ0n) is 15.3. The first-order valence-corrected chi connectivity index (χ1v) is 10.9. The van der Waals surface area contributed by atoms with E-state index in [1.165, 1.54) is 23.5 Å². The van der Waals surface area contributed by atoms with Crippen LogP contribution in [0.15, 0.2) is 47.4 Å². The van der Waals surface area contributed by atoms with Gasteiger partial charge in [0, 0.05) is 35.3 Å². The van der Waals surface area contributed by atoms with Crippen molar-refractivity contribution >= 4 is 33.0 Å². The Morgan fingerprint density at radius 1 is 1.18 bits per heavy atom. The van der Waals surface area contributed by atoms with Crippen LogP contribution in [0.25, 0.3) is 21.6 Å². The van der Waals surface area contributed by atoms with Crippen LogP contribution in [0.5, 0.6) is 0 Å². The van der Waals surface area contributed by atoms with Gasteiger partial charge in [0.1, 0.15) is 4.88 Å². The molecule has 0 aliphatic carbocycles. The topological polar surface area (TPSA) is 101 Å². The van der Waals surface area contributed by atoms with Crippen LogP contribution < -0.4 is 10.0 Å². The maximum Gasteiger partial charge on any atom is 0.346 e. The number of sulfonamides is 1. The number of benzene rings is 2. The number of nitrogens with two attached hydrogens (primary N) is 1. The predicted octanol–water partition coefficient (Wildman–Crippen LogP) is 3.69. The van der Waals surface area contributed by atoms with Crippen LogP contribution in [-0.4, -0.2) is 26.5 Å². The molecule has 0 fully saturated rings. The van der Waals surface area contributed by atoms with Gasteiger partial charge in [-0.3, -0.25) is 0 Å². The van der Waals surface area contributed by atoms with E-state index in [1.807, 2.05) is 26.1 Å². The van der Waals surface area contributed by atoms with Gasteiger partial charge in [-0.05, 0) is 41.8 Å². The average Bonchev–Trinajstić information content (AvgIpc) is 3.01. The second-order valence-corrected chi connectivity index (χ2v) is 9.45. The number of aromatic carboxylic acids is 1. The highest BCUT2D eigenvalue weighted by molar-refractivity contribution is 7.89. The highest BCUT2D eigenvalue weighted by atomic mass is 32.2. The van der Waals surface area contributed by atoms with E-state index in [-0.39, 0.29) is 9.77 Å². The van der Waals surface area contributed by atoms with Crippen molar-refractivity contribution < 1.29 is 18.3 Å². The zero-order valence-corrected chi connectivity index (χ0v) is 16.9. The third-order valence-electron chi connectivity index (χ3n) is 4.88. The van der Waals surface area contributed by atoms with Gasteiger partial charge in [-0.15, -0.1) is 11.3 Å². The SMILES string of the molecule is Cc1ccc2c(c1)N(C)Cc1c-2sc(C(=O)O)c1-c1ccc(S(N)(=O)=O)cc1. The number of carbonyl (C=O) groups is 1. The fourth-order valence-corrected chi connectivity index (χ4v) is 5.30. The Balaban J connectivity index is 1.95. The summed E-state index contributed by atoms with van der Waals surface area (Å²) in [6.07, 6.45) is 0. The lowest BCUT2D eigenvalue weighted by Gasteiger charge is -2.28. The number of rotatable bonds is 3. The number of hydrogen-bond donors (Lipinski definition) is 2. The quantitative estimate of drug-likeness (QED) is 0.681. The van der Waals surface area contributed by atoms with Gasteiger partial charge in [0.05, 0.1) is 4.90 Å². The summed E-state index contributed by atoms with van der Waals surface area (Å²) in [5, 5.41) is 15.0. The van der Waals surface area contributed by atoms with E-state index < -0.39 is 16.0 Å². The van der Waals surface area contributed by atoms with Gasteiger partial charge < -0.3 is 10.0 Å². The summed E-state index contributed by atoms with van der Waals surface area (Å²) in [5.74, 6) is -0.999. The Kier molecular flexibility index (Phi) is 4.29. The molecule has 4 rings (SSSR count). The van der Waals surface area contributed by atoms with Gasteiger partial charge in [0.25, 0.3) is 0 Å². The maximum absolute atomic E-state index is 12.0. The Morgan fingerprint density at radius 2 is 1.86 bits per heavy atom. The number of thiophene rings is 1. The van der Waals surface area contributed by atoms with Gasteiger partial charge >= 0.3 is 5.97 Å². The third-order valence-corrected chi connectivity index (χ3v) is 7.06. The molecule has 1 aromatic heterocycles. The van der Waals surface area contributed by atoms with Crippen LogP contribution in [-0.2, 0) is 16.6 Å². The highest BCUT2D eigenvalue weighted by Gasteiger charge is 2.30. The summed E-state index contributed by atoms with van der Waals surface area (Å²) >= 11 is 1.26. The minimum absolute atomic E-state index is 0.00448. The highest BCUT2D eigenvalue weighted by Crippen LogP contribution is 2.49. The van der Waals surface area contributed by atoms with Crippen molar-refractivity contribution in [1.29, 1.82) is 0 Å². The van der Waals surface area contributed by atoms with E-state index in [1.54, 1.807) is 12.1 Å². The molecule has 0 unspecified atom stereocenters. The summed E-state index contributed by atoms with van der Waals surface area (Å²) in [6, 6.07) is 12.2. The molecule has 1 aliphatic rings. The van der Waals surface area contributed by atoms with Crippen molar-refractivity contribution in [2.75, 3.05) is 11.9 Å². The molecule has 8 heteroatoms. The van der Waals surface area contributed by atoms with Gasteiger partial charge in [0.2, 0.25) is 10.0 Å². The van der Waals surface area contributed by atoms with Gasteiger partial charge in [-0.2, -0.15) is 0 Å². The van der Waals surface area contributed by atoms with Crippen LogP contribution in [0.2, 0.25) is 0 Å². The Labute approximate surface area is 166 Å². The number of nitrogens with zero attached hydrogens (tertiary/aromatic N) is 1. The maximum atomic E-state index is 12.0. The van der Waals surface area contributed by atoms with Crippen LogP contribution in [0, 0.1) is 6.92 Å². The van der Waals surface area contributed by atoms with Crippen LogP contribution in [0.1, 0.15) is 20.8 Å². The molecule has 0 amide bonds. The molecule has 0 spiro atoms. The van der Waals surface area contributed by atoms with Crippen LogP contribution in [0.3, 0.4) is 0 Å². The van der Waals surface area contributed by atoms with Crippen molar-refractivity contribution in [3.05, 3.63) is 58.5 Å². The number of carboxylic acids is 1. The van der Waals surface area contributed by atoms with E-state index in [0.717, 1.165) is 27.3 Å². The standard InChI is InChI=1S/C20H18N2O4S2/c1-11-3-8-14-16(9-11)22(2)10-15-17(19(20(23)24)27-18(14)15)12-4-6-13(7-5-12)28(21,25)26/h3-9H,10H2,1-2H3,(H,23,24)(H2,21,25,26). The van der Waals surface area contributed by atoms with E-state index in [0.29, 0.717) is 17.7 Å². The van der Waals surface area contributed by atoms with Gasteiger partial charge in [-0.25, -0.2) is 18.4 Å². The predicted molar refractivity (Wildman–Crippen MR) is 110 cm³/mol. The summed E-state index contributed by atoms with van der Waals surface area (Å²) in [5.41, 5.74) is 5.45. The molecule has 144 valence electrons. The second-order valence-electron chi connectivity index (χ2n) is 6.87. The van der Waals surface area contributed by atoms with Crippen molar-refractivity contribution in [3.63, 3.8) is 0 Å².